The maximum absolute atomic E-state index is 13.9. The molecule has 1 unspecified atom stereocenters. The van der Waals surface area contributed by atoms with Gasteiger partial charge in [0.1, 0.15) is 5.82 Å². The molecule has 1 atom stereocenters. The van der Waals surface area contributed by atoms with Crippen molar-refractivity contribution in [3.8, 4) is 11.6 Å². The van der Waals surface area contributed by atoms with Gasteiger partial charge in [0, 0.05) is 10.1 Å². The zero-order valence-corrected chi connectivity index (χ0v) is 14.6. The van der Waals surface area contributed by atoms with Gasteiger partial charge in [-0.15, -0.1) is 11.3 Å². The van der Waals surface area contributed by atoms with E-state index in [2.05, 4.69) is 16.0 Å². The Hall–Kier alpha value is -2.99. The number of aromatic amines is 1. The van der Waals surface area contributed by atoms with Crippen molar-refractivity contribution in [3.05, 3.63) is 86.5 Å². The number of thiophene rings is 1. The number of hydrogen-bond donors (Lipinski definition) is 1. The fourth-order valence-electron chi connectivity index (χ4n) is 3.46. The number of aromatic nitrogens is 2. The highest BCUT2D eigenvalue weighted by atomic mass is 32.1. The van der Waals surface area contributed by atoms with E-state index in [-0.39, 0.29) is 17.3 Å². The van der Waals surface area contributed by atoms with Crippen LogP contribution in [0, 0.1) is 12.7 Å². The summed E-state index contributed by atoms with van der Waals surface area (Å²) in [5.74, 6) is 0.222. The molecule has 0 saturated heterocycles. The molecule has 4 nitrogen and oxygen atoms in total. The number of H-pyrrole nitrogens is 1. The zero-order valence-electron chi connectivity index (χ0n) is 13.7. The predicted molar refractivity (Wildman–Crippen MR) is 98.8 cm³/mol. The summed E-state index contributed by atoms with van der Waals surface area (Å²) in [7, 11) is 0. The molecule has 6 heteroatoms. The molecular formula is C20H13FN2O2S. The van der Waals surface area contributed by atoms with Crippen molar-refractivity contribution in [2.24, 2.45) is 0 Å². The SMILES string of the molecule is Cc1ccc2sc3c(c2c1)Oc1nc[nH]c(=O)c1C3c1cccc(F)c1. The Morgan fingerprint density at radius 2 is 2.12 bits per heavy atom. The van der Waals surface area contributed by atoms with Crippen LogP contribution in [0.25, 0.3) is 10.1 Å². The second-order valence-corrected chi connectivity index (χ2v) is 7.42. The van der Waals surface area contributed by atoms with E-state index in [0.717, 1.165) is 20.5 Å². The summed E-state index contributed by atoms with van der Waals surface area (Å²) in [5, 5.41) is 0.985. The average molecular weight is 364 g/mol. The van der Waals surface area contributed by atoms with Crippen LogP contribution in [-0.2, 0) is 0 Å². The number of ether oxygens (including phenoxy) is 1. The highest BCUT2D eigenvalue weighted by Crippen LogP contribution is 2.52. The molecule has 128 valence electrons. The van der Waals surface area contributed by atoms with Crippen molar-refractivity contribution in [1.82, 2.24) is 9.97 Å². The van der Waals surface area contributed by atoms with Crippen LogP contribution in [-0.4, -0.2) is 9.97 Å². The summed E-state index contributed by atoms with van der Waals surface area (Å²) in [6, 6.07) is 12.5. The third kappa shape index (κ3) is 2.19. The van der Waals surface area contributed by atoms with Crippen LogP contribution in [0.2, 0.25) is 0 Å². The van der Waals surface area contributed by atoms with Crippen molar-refractivity contribution in [1.29, 1.82) is 0 Å². The fraction of sp³-hybridized carbons (Fsp3) is 0.100. The molecule has 26 heavy (non-hydrogen) atoms. The molecule has 0 bridgehead atoms. The van der Waals surface area contributed by atoms with Gasteiger partial charge in [0.2, 0.25) is 5.88 Å². The van der Waals surface area contributed by atoms with Gasteiger partial charge in [0.15, 0.2) is 5.75 Å². The molecule has 4 aromatic rings. The Bertz CT molecular complexity index is 1230. The van der Waals surface area contributed by atoms with Crippen LogP contribution in [0.15, 0.2) is 53.6 Å². The van der Waals surface area contributed by atoms with Gasteiger partial charge in [-0.3, -0.25) is 4.79 Å². The number of aryl methyl sites for hydroxylation is 1. The van der Waals surface area contributed by atoms with Crippen LogP contribution in [0.3, 0.4) is 0 Å². The molecular weight excluding hydrogens is 351 g/mol. The van der Waals surface area contributed by atoms with E-state index in [1.54, 1.807) is 17.4 Å². The van der Waals surface area contributed by atoms with Crippen molar-refractivity contribution >= 4 is 21.4 Å². The molecule has 1 N–H and O–H groups in total. The summed E-state index contributed by atoms with van der Waals surface area (Å²) in [6.45, 7) is 2.02. The Labute approximate surface area is 151 Å². The van der Waals surface area contributed by atoms with Crippen LogP contribution in [0.5, 0.6) is 11.6 Å². The van der Waals surface area contributed by atoms with Gasteiger partial charge < -0.3 is 9.72 Å². The zero-order chi connectivity index (χ0) is 17.8. The molecule has 0 amide bonds. The van der Waals surface area contributed by atoms with E-state index in [1.165, 1.54) is 18.5 Å². The molecule has 0 fully saturated rings. The highest BCUT2D eigenvalue weighted by molar-refractivity contribution is 7.19. The van der Waals surface area contributed by atoms with E-state index in [1.807, 2.05) is 25.1 Å². The van der Waals surface area contributed by atoms with Crippen LogP contribution >= 0.6 is 11.3 Å². The van der Waals surface area contributed by atoms with E-state index >= 15 is 0 Å². The Balaban J connectivity index is 1.86. The number of nitrogens with one attached hydrogen (secondary N) is 1. The van der Waals surface area contributed by atoms with Crippen molar-refractivity contribution in [2.45, 2.75) is 12.8 Å². The molecule has 2 aromatic heterocycles. The van der Waals surface area contributed by atoms with Gasteiger partial charge >= 0.3 is 0 Å². The first-order valence-corrected chi connectivity index (χ1v) is 8.97. The lowest BCUT2D eigenvalue weighted by atomic mass is 9.89. The number of nitrogens with zero attached hydrogens (tertiary/aromatic N) is 1. The minimum atomic E-state index is -0.417. The number of benzene rings is 2. The first-order valence-electron chi connectivity index (χ1n) is 8.16. The van der Waals surface area contributed by atoms with Crippen LogP contribution < -0.4 is 10.3 Å². The van der Waals surface area contributed by atoms with Gasteiger partial charge in [0.25, 0.3) is 5.56 Å². The molecule has 2 aromatic carbocycles. The van der Waals surface area contributed by atoms with Crippen LogP contribution in [0.4, 0.5) is 4.39 Å². The lowest BCUT2D eigenvalue weighted by molar-refractivity contribution is 0.438. The predicted octanol–water partition coefficient (Wildman–Crippen LogP) is 4.72. The van der Waals surface area contributed by atoms with E-state index < -0.39 is 5.92 Å². The molecule has 0 aliphatic carbocycles. The van der Waals surface area contributed by atoms with Crippen molar-refractivity contribution in [2.75, 3.05) is 0 Å². The van der Waals surface area contributed by atoms with Crippen molar-refractivity contribution < 1.29 is 9.13 Å². The fourth-order valence-corrected chi connectivity index (χ4v) is 4.72. The first-order chi connectivity index (χ1) is 12.6. The monoisotopic (exact) mass is 364 g/mol. The minimum absolute atomic E-state index is 0.274. The third-order valence-corrected chi connectivity index (χ3v) is 5.82. The number of hydrogen-bond acceptors (Lipinski definition) is 4. The molecule has 0 saturated carbocycles. The van der Waals surface area contributed by atoms with Crippen molar-refractivity contribution in [3.63, 3.8) is 0 Å². The largest absolute Gasteiger partial charge is 0.437 e. The molecule has 0 spiro atoms. The van der Waals surface area contributed by atoms with Gasteiger partial charge in [0.05, 0.1) is 22.7 Å². The van der Waals surface area contributed by atoms with E-state index in [0.29, 0.717) is 16.9 Å². The topological polar surface area (TPSA) is 55.0 Å². The molecule has 1 aliphatic rings. The average Bonchev–Trinajstić information content (AvgIpc) is 2.98. The lowest BCUT2D eigenvalue weighted by Crippen LogP contribution is -2.22. The number of fused-ring (bicyclic) bond motifs is 4. The van der Waals surface area contributed by atoms with Gasteiger partial charge in [-0.05, 0) is 36.8 Å². The van der Waals surface area contributed by atoms with Gasteiger partial charge in [-0.2, -0.15) is 0 Å². The summed E-state index contributed by atoms with van der Waals surface area (Å²) in [5.41, 5.74) is 1.96. The number of rotatable bonds is 1. The minimum Gasteiger partial charge on any atom is -0.437 e. The highest BCUT2D eigenvalue weighted by Gasteiger charge is 2.35. The number of halogens is 1. The maximum atomic E-state index is 13.9. The first kappa shape index (κ1) is 15.3. The normalized spacial score (nSPS) is 15.4. The van der Waals surface area contributed by atoms with Gasteiger partial charge in [-0.25, -0.2) is 9.37 Å². The molecule has 0 radical (unpaired) electrons. The molecule has 3 heterocycles. The standard InChI is InChI=1S/C20H13FN2O2S/c1-10-5-6-14-13(7-10)17-18(26-14)15(11-3-2-4-12(21)8-11)16-19(24)22-9-23-20(16)25-17/h2-9,15H,1H3,(H,22,23,24). The maximum Gasteiger partial charge on any atom is 0.258 e. The second kappa shape index (κ2) is 5.51. The summed E-state index contributed by atoms with van der Waals surface area (Å²) >= 11 is 1.56. The summed E-state index contributed by atoms with van der Waals surface area (Å²) < 4.78 is 21.0. The second-order valence-electron chi connectivity index (χ2n) is 6.34. The third-order valence-electron chi connectivity index (χ3n) is 4.61. The molecule has 1 aliphatic heterocycles. The lowest BCUT2D eigenvalue weighted by Gasteiger charge is -2.24. The Morgan fingerprint density at radius 3 is 2.96 bits per heavy atom. The summed E-state index contributed by atoms with van der Waals surface area (Å²) in [4.78, 5) is 20.3. The Kier molecular flexibility index (Phi) is 3.24. The smallest absolute Gasteiger partial charge is 0.258 e. The summed E-state index contributed by atoms with van der Waals surface area (Å²) in [6.07, 6.45) is 1.33. The quantitative estimate of drug-likeness (QED) is 0.468. The van der Waals surface area contributed by atoms with E-state index in [4.69, 9.17) is 4.74 Å². The molecule has 5 rings (SSSR count). The van der Waals surface area contributed by atoms with Gasteiger partial charge in [-0.1, -0.05) is 23.8 Å². The van der Waals surface area contributed by atoms with E-state index in [9.17, 15) is 9.18 Å². The van der Waals surface area contributed by atoms with Crippen LogP contribution in [0.1, 0.15) is 27.5 Å². The Morgan fingerprint density at radius 1 is 1.23 bits per heavy atom.